The lowest BCUT2D eigenvalue weighted by molar-refractivity contribution is -0.106. The molecule has 5 N–H and O–H groups in total. The Kier molecular flexibility index (Phi) is 17.3. The van der Waals surface area contributed by atoms with E-state index in [0.717, 1.165) is 19.3 Å². The number of aliphatic hydroxyl groups is 2. The second kappa shape index (κ2) is 21.7. The van der Waals surface area contributed by atoms with E-state index in [4.69, 9.17) is 35.9 Å². The van der Waals surface area contributed by atoms with E-state index in [2.05, 4.69) is 17.0 Å². The number of hydrogen-bond donors (Lipinski definition) is 4. The maximum Gasteiger partial charge on any atom is 0.472 e. The van der Waals surface area contributed by atoms with Gasteiger partial charge in [0.2, 0.25) is 5.60 Å². The predicted octanol–water partition coefficient (Wildman–Crippen LogP) is 7.61. The molecule has 0 bridgehead atoms. The van der Waals surface area contributed by atoms with E-state index in [0.29, 0.717) is 24.2 Å². The van der Waals surface area contributed by atoms with Crippen molar-refractivity contribution in [1.82, 2.24) is 19.5 Å². The van der Waals surface area contributed by atoms with Crippen molar-refractivity contribution in [1.29, 1.82) is 5.26 Å². The third kappa shape index (κ3) is 11.5. The van der Waals surface area contributed by atoms with Crippen LogP contribution < -0.4 is 5.73 Å². The van der Waals surface area contributed by atoms with Crippen molar-refractivity contribution < 1.29 is 42.6 Å². The molecule has 3 aromatic rings. The molecule has 0 amide bonds. The number of rotatable bonds is 28. The molecule has 17 heteroatoms. The molecule has 0 radical (unpaired) electrons. The topological polar surface area (TPSA) is 198 Å². The normalized spacial score (nSPS) is 24.2. The van der Waals surface area contributed by atoms with E-state index < -0.39 is 49.2 Å². The largest absolute Gasteiger partial charge is 0.472 e. The van der Waals surface area contributed by atoms with Gasteiger partial charge in [-0.1, -0.05) is 121 Å². The highest BCUT2D eigenvalue weighted by Gasteiger charge is 2.83. The summed E-state index contributed by atoms with van der Waals surface area (Å²) in [5, 5.41) is 36.9. The van der Waals surface area contributed by atoms with E-state index >= 15 is 0 Å². The minimum absolute atomic E-state index is 0.0213. The minimum Gasteiger partial charge on any atom is -0.385 e. The van der Waals surface area contributed by atoms with Crippen molar-refractivity contribution >= 4 is 30.8 Å². The second-order valence-corrected chi connectivity index (χ2v) is 17.6. The van der Waals surface area contributed by atoms with Crippen molar-refractivity contribution in [3.8, 4) is 6.07 Å². The smallest absolute Gasteiger partial charge is 0.385 e. The summed E-state index contributed by atoms with van der Waals surface area (Å²) in [5.74, 6) is -0.414. The SMILES string of the molecule is CCCCCCCCCCCCCCCCCCOC[C@H](COP(=O)(O)OC1[C@H]2O[C@@](C#N)(c3ccc4c(N)ncnn34)[C@H](O)[C@@]12O)N(C)Cc1ccc(F)c(Cl)c1. The summed E-state index contributed by atoms with van der Waals surface area (Å²) in [6.07, 6.45) is 16.8. The Balaban J connectivity index is 1.06. The fraction of sp³-hybridized carbons (Fsp3) is 0.683. The zero-order valence-electron chi connectivity index (χ0n) is 33.8. The zero-order chi connectivity index (χ0) is 41.8. The van der Waals surface area contributed by atoms with Crippen LogP contribution in [0.15, 0.2) is 36.7 Å². The van der Waals surface area contributed by atoms with Crippen molar-refractivity contribution in [2.75, 3.05) is 32.6 Å². The molecule has 1 aliphatic carbocycles. The Morgan fingerprint density at radius 2 is 1.66 bits per heavy atom. The average Bonchev–Trinajstić information content (AvgIpc) is 3.44. The molecule has 7 atom stereocenters. The van der Waals surface area contributed by atoms with E-state index in [9.17, 15) is 29.3 Å². The average molecular weight is 851 g/mol. The van der Waals surface area contributed by atoms with Gasteiger partial charge in [0.25, 0.3) is 0 Å². The fourth-order valence-corrected chi connectivity index (χ4v) is 8.98. The molecule has 1 aromatic carbocycles. The lowest BCUT2D eigenvalue weighted by atomic mass is 9.90. The maximum absolute atomic E-state index is 13.8. The summed E-state index contributed by atoms with van der Waals surface area (Å²) in [6, 6.07) is 8.79. The second-order valence-electron chi connectivity index (χ2n) is 15.8. The van der Waals surface area contributed by atoms with Crippen LogP contribution in [0.3, 0.4) is 0 Å². The lowest BCUT2D eigenvalue weighted by Gasteiger charge is -2.30. The Morgan fingerprint density at radius 3 is 2.22 bits per heavy atom. The number of likely N-dealkylation sites (N-methyl/N-ethyl adjacent to an activating group) is 1. The monoisotopic (exact) mass is 850 g/mol. The van der Waals surface area contributed by atoms with Gasteiger partial charge in [-0.25, -0.2) is 18.5 Å². The summed E-state index contributed by atoms with van der Waals surface area (Å²) in [4.78, 5) is 16.5. The number of phosphoric ester groups is 1. The standard InChI is InChI=1S/C41H61ClFN6O8P/c1-3-4-5-6-7-8-9-10-11-12-13-14-15-16-17-18-23-54-26-31(48(2)25-30-19-20-33(43)32(42)24-30)27-55-58(52,53)57-37-36-41(37,51)39(50)40(28-44,56-36)35-22-21-34-38(45)46-29-47-49(34)35/h19-22,24,29,31,36-37,39,50-51H,3-18,23,25-27H2,1-2H3,(H,52,53)(H2,45,46,47)/t31-,36-,37?,39+,40+,41+/m1/s1. The number of aliphatic hydroxyl groups excluding tert-OH is 1. The number of anilines is 1. The van der Waals surface area contributed by atoms with Crippen LogP contribution >= 0.6 is 19.4 Å². The van der Waals surface area contributed by atoms with Crippen LogP contribution in [-0.4, -0.2) is 91.4 Å². The summed E-state index contributed by atoms with van der Waals surface area (Å²) in [6.45, 7) is 2.91. The number of nitrogens with zero attached hydrogens (tertiary/aromatic N) is 5. The van der Waals surface area contributed by atoms with Gasteiger partial charge >= 0.3 is 7.82 Å². The number of halogens is 2. The maximum atomic E-state index is 13.8. The molecule has 2 fully saturated rings. The third-order valence-electron chi connectivity index (χ3n) is 11.4. The molecule has 2 aliphatic rings. The van der Waals surface area contributed by atoms with Crippen LogP contribution in [0.5, 0.6) is 0 Å². The van der Waals surface area contributed by atoms with Crippen molar-refractivity contribution in [3.05, 3.63) is 58.8 Å². The van der Waals surface area contributed by atoms with E-state index in [1.54, 1.807) is 19.2 Å². The van der Waals surface area contributed by atoms with Crippen LogP contribution in [0.1, 0.15) is 121 Å². The van der Waals surface area contributed by atoms with Gasteiger partial charge in [-0.2, -0.15) is 10.4 Å². The van der Waals surface area contributed by atoms with E-state index in [-0.39, 0.29) is 29.7 Å². The molecular formula is C41H61ClFN6O8P. The highest BCUT2D eigenvalue weighted by molar-refractivity contribution is 7.47. The summed E-state index contributed by atoms with van der Waals surface area (Å²) < 4.78 is 51.0. The van der Waals surface area contributed by atoms with Crippen molar-refractivity contribution in [3.63, 3.8) is 0 Å². The van der Waals surface area contributed by atoms with Gasteiger partial charge in [0.15, 0.2) is 11.4 Å². The van der Waals surface area contributed by atoms with Gasteiger partial charge in [-0.15, -0.1) is 0 Å². The molecule has 58 heavy (non-hydrogen) atoms. The number of fused-ring (bicyclic) bond motifs is 2. The van der Waals surface area contributed by atoms with Gasteiger partial charge in [-0.3, -0.25) is 13.9 Å². The minimum atomic E-state index is -4.86. The van der Waals surface area contributed by atoms with Crippen LogP contribution in [0, 0.1) is 17.1 Å². The summed E-state index contributed by atoms with van der Waals surface area (Å²) in [5.41, 5.74) is 2.78. The number of aromatic nitrogens is 3. The van der Waals surface area contributed by atoms with Crippen molar-refractivity contribution in [2.45, 2.75) is 152 Å². The first-order chi connectivity index (χ1) is 27.9. The predicted molar refractivity (Wildman–Crippen MR) is 218 cm³/mol. The lowest BCUT2D eigenvalue weighted by Crippen LogP contribution is -2.47. The number of nitriles is 1. The summed E-state index contributed by atoms with van der Waals surface area (Å²) >= 11 is 6.01. The van der Waals surface area contributed by atoms with Crippen LogP contribution in [-0.2, 0) is 35.2 Å². The number of unbranched alkanes of at least 4 members (excludes halogenated alkanes) is 15. The fourth-order valence-electron chi connectivity index (χ4n) is 7.79. The molecule has 0 spiro atoms. The van der Waals surface area contributed by atoms with Crippen molar-refractivity contribution in [2.24, 2.45) is 0 Å². The Bertz CT molecular complexity index is 1850. The number of hydrogen-bond acceptors (Lipinski definition) is 12. The first-order valence-electron chi connectivity index (χ1n) is 20.8. The molecule has 3 heterocycles. The van der Waals surface area contributed by atoms with Crippen LogP contribution in [0.4, 0.5) is 10.2 Å². The number of phosphoric acid groups is 1. The number of nitrogen functional groups attached to an aromatic ring is 1. The highest BCUT2D eigenvalue weighted by Crippen LogP contribution is 2.63. The van der Waals surface area contributed by atoms with Crippen LogP contribution in [0.2, 0.25) is 5.02 Å². The number of ether oxygens (including phenoxy) is 2. The van der Waals surface area contributed by atoms with Gasteiger partial charge in [0.1, 0.15) is 42.0 Å². The first-order valence-corrected chi connectivity index (χ1v) is 22.7. The molecule has 14 nitrogen and oxygen atoms in total. The Labute approximate surface area is 346 Å². The van der Waals surface area contributed by atoms with E-state index in [1.807, 2.05) is 11.0 Å². The molecule has 1 saturated carbocycles. The quantitative estimate of drug-likeness (QED) is 0.0412. The summed E-state index contributed by atoms with van der Waals surface area (Å²) in [7, 11) is -3.09. The van der Waals surface area contributed by atoms with Gasteiger partial charge in [-0.05, 0) is 43.3 Å². The first kappa shape index (κ1) is 46.3. The Hall–Kier alpha value is -2.74. The van der Waals surface area contributed by atoms with Gasteiger partial charge in [0.05, 0.1) is 30.0 Å². The van der Waals surface area contributed by atoms with Crippen LogP contribution in [0.25, 0.3) is 5.52 Å². The highest BCUT2D eigenvalue weighted by atomic mass is 35.5. The third-order valence-corrected chi connectivity index (χ3v) is 12.7. The van der Waals surface area contributed by atoms with Gasteiger partial charge in [0, 0.05) is 13.2 Å². The van der Waals surface area contributed by atoms with E-state index in [1.165, 1.54) is 113 Å². The molecule has 1 aliphatic heterocycles. The molecule has 5 rings (SSSR count). The molecule has 2 unspecified atom stereocenters. The number of nitrogens with two attached hydrogens (primary N) is 1. The number of benzene rings is 1. The molecule has 1 saturated heterocycles. The molecule has 322 valence electrons. The molecule has 2 aromatic heterocycles. The zero-order valence-corrected chi connectivity index (χ0v) is 35.5. The Morgan fingerprint density at radius 1 is 1.03 bits per heavy atom. The van der Waals surface area contributed by atoms with Gasteiger partial charge < -0.3 is 30.3 Å². The molecular weight excluding hydrogens is 790 g/mol.